The van der Waals surface area contributed by atoms with Gasteiger partial charge in [-0.05, 0) is 19.8 Å². The van der Waals surface area contributed by atoms with Crippen molar-refractivity contribution in [3.63, 3.8) is 0 Å². The van der Waals surface area contributed by atoms with Crippen LogP contribution < -0.4 is 4.90 Å². The summed E-state index contributed by atoms with van der Waals surface area (Å²) in [4.78, 5) is 2.12. The lowest BCUT2D eigenvalue weighted by Gasteiger charge is -2.44. The lowest BCUT2D eigenvalue weighted by atomic mass is 9.87. The molecule has 1 aliphatic heterocycles. The number of anilines is 1. The van der Waals surface area contributed by atoms with E-state index < -0.39 is 14.6 Å². The molecule has 7 heteroatoms. The molecule has 2 aliphatic rings. The standard InChI is InChI=1S/C12H19N3O2S2/c1-10-13-14-11(18-10)15-7-8-19(16,17)12(9-15)5-3-2-4-6-12/h2-9H2,1H3. The second kappa shape index (κ2) is 4.70. The van der Waals surface area contributed by atoms with Gasteiger partial charge in [-0.3, -0.25) is 0 Å². The second-order valence-corrected chi connectivity index (χ2v) is 9.25. The van der Waals surface area contributed by atoms with E-state index >= 15 is 0 Å². The Morgan fingerprint density at radius 3 is 2.58 bits per heavy atom. The van der Waals surface area contributed by atoms with Crippen LogP contribution in [0.1, 0.15) is 37.1 Å². The van der Waals surface area contributed by atoms with Gasteiger partial charge in [-0.25, -0.2) is 8.42 Å². The van der Waals surface area contributed by atoms with Gasteiger partial charge < -0.3 is 4.90 Å². The predicted octanol–water partition coefficient (Wildman–Crippen LogP) is 1.78. The molecule has 2 heterocycles. The predicted molar refractivity (Wildman–Crippen MR) is 76.5 cm³/mol. The van der Waals surface area contributed by atoms with Crippen molar-refractivity contribution >= 4 is 26.3 Å². The lowest BCUT2D eigenvalue weighted by molar-refractivity contribution is 0.363. The molecule has 0 atom stereocenters. The molecule has 0 unspecified atom stereocenters. The fourth-order valence-corrected chi connectivity index (χ4v) is 6.08. The molecule has 1 aliphatic carbocycles. The monoisotopic (exact) mass is 301 g/mol. The summed E-state index contributed by atoms with van der Waals surface area (Å²) in [5.74, 6) is 0.256. The molecule has 0 bridgehead atoms. The Balaban J connectivity index is 1.89. The zero-order chi connectivity index (χ0) is 13.5. The molecule has 0 amide bonds. The van der Waals surface area contributed by atoms with Gasteiger partial charge in [-0.2, -0.15) is 0 Å². The molecule has 19 heavy (non-hydrogen) atoms. The van der Waals surface area contributed by atoms with Gasteiger partial charge in [0.05, 0.1) is 10.5 Å². The minimum atomic E-state index is -2.97. The summed E-state index contributed by atoms with van der Waals surface area (Å²) in [7, 11) is -2.97. The summed E-state index contributed by atoms with van der Waals surface area (Å²) in [6.45, 7) is 3.08. The second-order valence-electron chi connectivity index (χ2n) is 5.59. The van der Waals surface area contributed by atoms with Crippen LogP contribution in [-0.2, 0) is 9.84 Å². The van der Waals surface area contributed by atoms with Crippen LogP contribution in [0.3, 0.4) is 0 Å². The van der Waals surface area contributed by atoms with Gasteiger partial charge in [0, 0.05) is 13.1 Å². The molecule has 106 valence electrons. The highest BCUT2D eigenvalue weighted by atomic mass is 32.2. The molecular formula is C12H19N3O2S2. The summed E-state index contributed by atoms with van der Waals surface area (Å²) in [5, 5.41) is 10.0. The highest BCUT2D eigenvalue weighted by Gasteiger charge is 2.48. The van der Waals surface area contributed by atoms with Crippen molar-refractivity contribution in [1.82, 2.24) is 10.2 Å². The van der Waals surface area contributed by atoms with Gasteiger partial charge in [-0.15, -0.1) is 10.2 Å². The van der Waals surface area contributed by atoms with E-state index in [2.05, 4.69) is 15.1 Å². The summed E-state index contributed by atoms with van der Waals surface area (Å²) in [6.07, 6.45) is 4.84. The fraction of sp³-hybridized carbons (Fsp3) is 0.833. The average Bonchev–Trinajstić information content (AvgIpc) is 2.81. The maximum Gasteiger partial charge on any atom is 0.208 e. The first kappa shape index (κ1) is 13.3. The van der Waals surface area contributed by atoms with Crippen molar-refractivity contribution < 1.29 is 8.42 Å². The van der Waals surface area contributed by atoms with Gasteiger partial charge in [-0.1, -0.05) is 30.6 Å². The smallest absolute Gasteiger partial charge is 0.208 e. The largest absolute Gasteiger partial charge is 0.344 e. The molecule has 1 aromatic heterocycles. The first-order valence-corrected chi connectivity index (χ1v) is 9.27. The van der Waals surface area contributed by atoms with Crippen molar-refractivity contribution in [2.45, 2.75) is 43.8 Å². The summed E-state index contributed by atoms with van der Waals surface area (Å²) in [6, 6.07) is 0. The van der Waals surface area contributed by atoms with Crippen LogP contribution in [0.25, 0.3) is 0 Å². The number of rotatable bonds is 1. The SMILES string of the molecule is Cc1nnc(N2CCS(=O)(=O)C3(CCCCC3)C2)s1. The van der Waals surface area contributed by atoms with Crippen molar-refractivity contribution in [2.75, 3.05) is 23.7 Å². The molecule has 3 rings (SSSR count). The number of nitrogens with zero attached hydrogens (tertiary/aromatic N) is 3. The van der Waals surface area contributed by atoms with E-state index in [9.17, 15) is 8.42 Å². The summed E-state index contributed by atoms with van der Waals surface area (Å²) < 4.78 is 24.4. The highest BCUT2D eigenvalue weighted by molar-refractivity contribution is 7.92. The third kappa shape index (κ3) is 2.27. The van der Waals surface area contributed by atoms with Crippen molar-refractivity contribution in [1.29, 1.82) is 0 Å². The number of hydrogen-bond donors (Lipinski definition) is 0. The summed E-state index contributed by atoms with van der Waals surface area (Å²) >= 11 is 1.55. The quantitative estimate of drug-likeness (QED) is 0.791. The van der Waals surface area contributed by atoms with Gasteiger partial charge >= 0.3 is 0 Å². The number of hydrogen-bond acceptors (Lipinski definition) is 6. The third-order valence-corrected chi connectivity index (χ3v) is 7.80. The number of aryl methyl sites for hydroxylation is 1. The molecule has 1 saturated carbocycles. The zero-order valence-corrected chi connectivity index (χ0v) is 12.8. The molecular weight excluding hydrogens is 282 g/mol. The molecule has 0 aromatic carbocycles. The van der Waals surface area contributed by atoms with E-state index in [0.717, 1.165) is 42.2 Å². The Morgan fingerprint density at radius 2 is 1.95 bits per heavy atom. The van der Waals surface area contributed by atoms with Gasteiger partial charge in [0.15, 0.2) is 9.84 Å². The topological polar surface area (TPSA) is 63.2 Å². The Hall–Kier alpha value is -0.690. The van der Waals surface area contributed by atoms with Gasteiger partial charge in [0.2, 0.25) is 5.13 Å². The van der Waals surface area contributed by atoms with E-state index in [1.807, 2.05) is 6.92 Å². The third-order valence-electron chi connectivity index (χ3n) is 4.32. The molecule has 2 fully saturated rings. The van der Waals surface area contributed by atoms with Crippen LogP contribution in [0.5, 0.6) is 0 Å². The normalized spacial score (nSPS) is 25.6. The van der Waals surface area contributed by atoms with Crippen LogP contribution in [0.4, 0.5) is 5.13 Å². The van der Waals surface area contributed by atoms with Crippen LogP contribution in [0.2, 0.25) is 0 Å². The maximum absolute atomic E-state index is 12.5. The molecule has 0 radical (unpaired) electrons. The average molecular weight is 301 g/mol. The van der Waals surface area contributed by atoms with E-state index in [0.29, 0.717) is 13.1 Å². The van der Waals surface area contributed by atoms with Crippen molar-refractivity contribution in [2.24, 2.45) is 0 Å². The first-order chi connectivity index (χ1) is 9.02. The fourth-order valence-electron chi connectivity index (χ4n) is 3.21. The minimum Gasteiger partial charge on any atom is -0.344 e. The molecule has 1 saturated heterocycles. The van der Waals surface area contributed by atoms with Gasteiger partial charge in [0.1, 0.15) is 5.01 Å². The van der Waals surface area contributed by atoms with Crippen LogP contribution in [0, 0.1) is 6.92 Å². The first-order valence-electron chi connectivity index (χ1n) is 6.80. The zero-order valence-electron chi connectivity index (χ0n) is 11.1. The minimum absolute atomic E-state index is 0.256. The number of sulfone groups is 1. The van der Waals surface area contributed by atoms with Crippen LogP contribution in [0.15, 0.2) is 0 Å². The molecule has 5 nitrogen and oxygen atoms in total. The lowest BCUT2D eigenvalue weighted by Crippen LogP contribution is -2.57. The van der Waals surface area contributed by atoms with E-state index in [1.54, 1.807) is 11.3 Å². The Morgan fingerprint density at radius 1 is 1.21 bits per heavy atom. The highest BCUT2D eigenvalue weighted by Crippen LogP contribution is 2.40. The Kier molecular flexibility index (Phi) is 3.29. The molecule has 1 aromatic rings. The Labute approximate surface area is 118 Å². The van der Waals surface area contributed by atoms with E-state index in [1.165, 1.54) is 0 Å². The molecule has 0 N–H and O–H groups in total. The maximum atomic E-state index is 12.5. The summed E-state index contributed by atoms with van der Waals surface area (Å²) in [5.41, 5.74) is 0. The number of aromatic nitrogens is 2. The van der Waals surface area contributed by atoms with Crippen LogP contribution >= 0.6 is 11.3 Å². The van der Waals surface area contributed by atoms with E-state index in [4.69, 9.17) is 0 Å². The van der Waals surface area contributed by atoms with Crippen molar-refractivity contribution in [3.05, 3.63) is 5.01 Å². The van der Waals surface area contributed by atoms with Crippen molar-refractivity contribution in [3.8, 4) is 0 Å². The van der Waals surface area contributed by atoms with E-state index in [-0.39, 0.29) is 5.75 Å². The van der Waals surface area contributed by atoms with Gasteiger partial charge in [0.25, 0.3) is 0 Å². The van der Waals surface area contributed by atoms with Crippen LogP contribution in [-0.4, -0.2) is 42.2 Å². The molecule has 1 spiro atoms. The Bertz CT molecular complexity index is 561.